The highest BCUT2D eigenvalue weighted by molar-refractivity contribution is 5.76. The van der Waals surface area contributed by atoms with Crippen molar-refractivity contribution >= 4 is 5.91 Å². The summed E-state index contributed by atoms with van der Waals surface area (Å²) >= 11 is 0. The van der Waals surface area contributed by atoms with E-state index in [1.54, 1.807) is 11.0 Å². The van der Waals surface area contributed by atoms with Crippen LogP contribution < -0.4 is 0 Å². The van der Waals surface area contributed by atoms with Gasteiger partial charge in [0.2, 0.25) is 5.91 Å². The minimum atomic E-state index is 0.325. The molecule has 3 heterocycles. The molecule has 6 heteroatoms. The average Bonchev–Trinajstić information content (AvgIpc) is 3.26. The van der Waals surface area contributed by atoms with Gasteiger partial charge in [0.25, 0.3) is 0 Å². The lowest BCUT2D eigenvalue weighted by Gasteiger charge is -2.34. The van der Waals surface area contributed by atoms with Gasteiger partial charge in [0.15, 0.2) is 0 Å². The summed E-state index contributed by atoms with van der Waals surface area (Å²) < 4.78 is 1.80. The second-order valence-electron chi connectivity index (χ2n) is 6.40. The largest absolute Gasteiger partial charge is 0.338 e. The molecule has 6 nitrogen and oxygen atoms in total. The zero-order chi connectivity index (χ0) is 15.4. The van der Waals surface area contributed by atoms with E-state index in [1.807, 2.05) is 0 Å². The second-order valence-corrected chi connectivity index (χ2v) is 6.40. The first-order valence-electron chi connectivity index (χ1n) is 8.65. The first kappa shape index (κ1) is 15.5. The van der Waals surface area contributed by atoms with Crippen molar-refractivity contribution in [3.63, 3.8) is 0 Å². The number of aromatic nitrogens is 3. The van der Waals surface area contributed by atoms with E-state index < -0.39 is 0 Å². The third kappa shape index (κ3) is 3.32. The highest BCUT2D eigenvalue weighted by atomic mass is 16.2. The maximum Gasteiger partial charge on any atom is 0.222 e. The van der Waals surface area contributed by atoms with Crippen molar-refractivity contribution in [3.05, 3.63) is 12.7 Å². The molecule has 0 unspecified atom stereocenters. The molecule has 0 N–H and O–H groups in total. The van der Waals surface area contributed by atoms with Gasteiger partial charge in [-0.05, 0) is 45.2 Å². The van der Waals surface area contributed by atoms with E-state index >= 15 is 0 Å². The first-order chi connectivity index (χ1) is 10.8. The van der Waals surface area contributed by atoms with Gasteiger partial charge in [-0.15, -0.1) is 0 Å². The molecule has 3 rings (SSSR count). The number of carbonyl (C=O) groups excluding carboxylic acids is 1. The number of nitrogens with zero attached hydrogens (tertiary/aromatic N) is 5. The van der Waals surface area contributed by atoms with E-state index in [0.717, 1.165) is 32.5 Å². The van der Waals surface area contributed by atoms with Crippen LogP contribution in [0.3, 0.4) is 0 Å². The van der Waals surface area contributed by atoms with Crippen LogP contribution in [-0.4, -0.2) is 62.2 Å². The van der Waals surface area contributed by atoms with Gasteiger partial charge < -0.3 is 4.90 Å². The SMILES string of the molecule is CCN1CCC[C@@H]1[C@H]1CCCN1C(=O)CCCn1cncn1. The third-order valence-corrected chi connectivity index (χ3v) is 5.13. The van der Waals surface area contributed by atoms with E-state index in [9.17, 15) is 4.79 Å². The fraction of sp³-hybridized carbons (Fsp3) is 0.812. The molecule has 2 aliphatic rings. The Morgan fingerprint density at radius 1 is 1.23 bits per heavy atom. The number of amides is 1. The molecule has 2 saturated heterocycles. The number of aryl methyl sites for hydroxylation is 1. The van der Waals surface area contributed by atoms with Gasteiger partial charge >= 0.3 is 0 Å². The minimum Gasteiger partial charge on any atom is -0.338 e. The topological polar surface area (TPSA) is 54.3 Å². The normalized spacial score (nSPS) is 26.0. The highest BCUT2D eigenvalue weighted by Gasteiger charge is 2.38. The van der Waals surface area contributed by atoms with Crippen LogP contribution in [0, 0.1) is 0 Å². The number of likely N-dealkylation sites (N-methyl/N-ethyl adjacent to an activating group) is 1. The van der Waals surface area contributed by atoms with Crippen LogP contribution in [0.2, 0.25) is 0 Å². The number of likely N-dealkylation sites (tertiary alicyclic amines) is 2. The van der Waals surface area contributed by atoms with Crippen molar-refractivity contribution in [1.29, 1.82) is 0 Å². The monoisotopic (exact) mass is 305 g/mol. The lowest BCUT2D eigenvalue weighted by atomic mass is 10.0. The summed E-state index contributed by atoms with van der Waals surface area (Å²) in [6, 6.07) is 1.04. The second kappa shape index (κ2) is 7.22. The van der Waals surface area contributed by atoms with Crippen molar-refractivity contribution in [2.45, 2.75) is 64.1 Å². The Hall–Kier alpha value is -1.43. The van der Waals surface area contributed by atoms with E-state index in [-0.39, 0.29) is 0 Å². The fourth-order valence-electron chi connectivity index (χ4n) is 4.07. The lowest BCUT2D eigenvalue weighted by molar-refractivity contribution is -0.133. The van der Waals surface area contributed by atoms with Crippen LogP contribution in [0.15, 0.2) is 12.7 Å². The molecule has 2 aliphatic heterocycles. The predicted octanol–water partition coefficient (Wildman–Crippen LogP) is 1.53. The molecule has 1 aromatic rings. The molecule has 122 valence electrons. The molecule has 0 radical (unpaired) electrons. The molecule has 2 atom stereocenters. The molecule has 0 aromatic carbocycles. The maximum absolute atomic E-state index is 12.6. The Labute approximate surface area is 132 Å². The van der Waals surface area contributed by atoms with Crippen molar-refractivity contribution < 1.29 is 4.79 Å². The van der Waals surface area contributed by atoms with Crippen LogP contribution >= 0.6 is 0 Å². The molecule has 0 saturated carbocycles. The molecular weight excluding hydrogens is 278 g/mol. The summed E-state index contributed by atoms with van der Waals surface area (Å²) in [5, 5.41) is 4.08. The van der Waals surface area contributed by atoms with Crippen LogP contribution in [0.1, 0.15) is 45.4 Å². The van der Waals surface area contributed by atoms with Crippen molar-refractivity contribution in [3.8, 4) is 0 Å². The van der Waals surface area contributed by atoms with E-state index in [0.29, 0.717) is 24.4 Å². The predicted molar refractivity (Wildman–Crippen MR) is 84.3 cm³/mol. The van der Waals surface area contributed by atoms with Gasteiger partial charge in [0, 0.05) is 31.6 Å². The van der Waals surface area contributed by atoms with Gasteiger partial charge in [0.1, 0.15) is 12.7 Å². The number of rotatable bonds is 6. The molecule has 22 heavy (non-hydrogen) atoms. The van der Waals surface area contributed by atoms with Crippen molar-refractivity contribution in [1.82, 2.24) is 24.6 Å². The fourth-order valence-corrected chi connectivity index (χ4v) is 4.07. The van der Waals surface area contributed by atoms with E-state index in [4.69, 9.17) is 0 Å². The van der Waals surface area contributed by atoms with Crippen molar-refractivity contribution in [2.24, 2.45) is 0 Å². The quantitative estimate of drug-likeness (QED) is 0.800. The Balaban J connectivity index is 1.52. The number of hydrogen-bond acceptors (Lipinski definition) is 4. The minimum absolute atomic E-state index is 0.325. The maximum atomic E-state index is 12.6. The van der Waals surface area contributed by atoms with Crippen LogP contribution in [0.25, 0.3) is 0 Å². The molecule has 0 spiro atoms. The van der Waals surface area contributed by atoms with Crippen molar-refractivity contribution in [2.75, 3.05) is 19.6 Å². The number of hydrogen-bond donors (Lipinski definition) is 0. The van der Waals surface area contributed by atoms with Crippen LogP contribution in [0.5, 0.6) is 0 Å². The first-order valence-corrected chi connectivity index (χ1v) is 8.65. The number of carbonyl (C=O) groups is 1. The average molecular weight is 305 g/mol. The van der Waals surface area contributed by atoms with E-state index in [1.165, 1.54) is 32.1 Å². The molecule has 1 aromatic heterocycles. The molecule has 2 fully saturated rings. The summed E-state index contributed by atoms with van der Waals surface area (Å²) in [6.07, 6.45) is 9.58. The summed E-state index contributed by atoms with van der Waals surface area (Å²) in [5.41, 5.74) is 0. The zero-order valence-electron chi connectivity index (χ0n) is 13.5. The zero-order valence-corrected chi connectivity index (χ0v) is 13.5. The molecule has 0 aliphatic carbocycles. The van der Waals surface area contributed by atoms with Crippen LogP contribution in [0.4, 0.5) is 0 Å². The Morgan fingerprint density at radius 2 is 2.05 bits per heavy atom. The molecule has 0 bridgehead atoms. The van der Waals surface area contributed by atoms with Gasteiger partial charge in [-0.2, -0.15) is 5.10 Å². The van der Waals surface area contributed by atoms with Gasteiger partial charge in [-0.25, -0.2) is 4.98 Å². The molecule has 1 amide bonds. The summed E-state index contributed by atoms with van der Waals surface area (Å²) in [5.74, 6) is 0.325. The third-order valence-electron chi connectivity index (χ3n) is 5.13. The van der Waals surface area contributed by atoms with Gasteiger partial charge in [0.05, 0.1) is 0 Å². The van der Waals surface area contributed by atoms with E-state index in [2.05, 4.69) is 26.8 Å². The van der Waals surface area contributed by atoms with Crippen LogP contribution in [-0.2, 0) is 11.3 Å². The Bertz CT molecular complexity index is 475. The van der Waals surface area contributed by atoms with Gasteiger partial charge in [-0.3, -0.25) is 14.4 Å². The Kier molecular flexibility index (Phi) is 5.08. The molecular formula is C16H27N5O. The summed E-state index contributed by atoms with van der Waals surface area (Å²) in [6.45, 7) is 6.26. The summed E-state index contributed by atoms with van der Waals surface area (Å²) in [7, 11) is 0. The summed E-state index contributed by atoms with van der Waals surface area (Å²) in [4.78, 5) is 21.3. The smallest absolute Gasteiger partial charge is 0.222 e. The Morgan fingerprint density at radius 3 is 2.82 bits per heavy atom. The standard InChI is InChI=1S/C16H27N5O/c1-2-19-9-3-6-14(19)15-7-4-11-21(15)16(22)8-5-10-20-13-17-12-18-20/h12-15H,2-11H2,1H3/t14-,15-/m1/s1. The highest BCUT2D eigenvalue weighted by Crippen LogP contribution is 2.30. The lowest BCUT2D eigenvalue weighted by Crippen LogP contribution is -2.48. The van der Waals surface area contributed by atoms with Gasteiger partial charge in [-0.1, -0.05) is 6.92 Å².